The van der Waals surface area contributed by atoms with E-state index in [-0.39, 0.29) is 5.91 Å². The third kappa shape index (κ3) is 3.79. The topological polar surface area (TPSA) is 42.0 Å². The SMILES string of the molecule is CC(=CC(=O)NCc1nc(-c2ccccc2)cs1)C1CC1. The summed E-state index contributed by atoms with van der Waals surface area (Å²) in [6.45, 7) is 2.53. The highest BCUT2D eigenvalue weighted by Crippen LogP contribution is 2.35. The van der Waals surface area contributed by atoms with Gasteiger partial charge in [0.1, 0.15) is 5.01 Å². The maximum atomic E-state index is 11.8. The van der Waals surface area contributed by atoms with Crippen LogP contribution in [0.15, 0.2) is 47.4 Å². The van der Waals surface area contributed by atoms with E-state index in [0.717, 1.165) is 16.3 Å². The highest BCUT2D eigenvalue weighted by Gasteiger charge is 2.23. The lowest BCUT2D eigenvalue weighted by atomic mass is 10.2. The van der Waals surface area contributed by atoms with Crippen molar-refractivity contribution >= 4 is 17.2 Å². The van der Waals surface area contributed by atoms with Gasteiger partial charge in [-0.2, -0.15) is 0 Å². The Kier molecular flexibility index (Phi) is 4.15. The molecule has 1 aliphatic rings. The number of carbonyl (C=O) groups excluding carboxylic acids is 1. The van der Waals surface area contributed by atoms with Crippen LogP contribution in [0.1, 0.15) is 24.8 Å². The first-order valence-electron chi connectivity index (χ1n) is 7.18. The minimum Gasteiger partial charge on any atom is -0.346 e. The third-order valence-corrected chi connectivity index (χ3v) is 4.46. The van der Waals surface area contributed by atoms with E-state index in [1.54, 1.807) is 17.4 Å². The number of nitrogens with zero attached hydrogens (tertiary/aromatic N) is 1. The van der Waals surface area contributed by atoms with E-state index in [1.165, 1.54) is 18.4 Å². The number of benzene rings is 1. The number of nitrogens with one attached hydrogen (secondary N) is 1. The molecule has 0 unspecified atom stereocenters. The molecule has 1 N–H and O–H groups in total. The highest BCUT2D eigenvalue weighted by molar-refractivity contribution is 7.09. The van der Waals surface area contributed by atoms with E-state index in [2.05, 4.69) is 10.3 Å². The summed E-state index contributed by atoms with van der Waals surface area (Å²) in [6.07, 6.45) is 4.18. The van der Waals surface area contributed by atoms with E-state index in [4.69, 9.17) is 0 Å². The molecule has 0 spiro atoms. The lowest BCUT2D eigenvalue weighted by molar-refractivity contribution is -0.116. The first kappa shape index (κ1) is 14.0. The Hall–Kier alpha value is -1.94. The van der Waals surface area contributed by atoms with Crippen LogP contribution in [-0.2, 0) is 11.3 Å². The molecule has 1 aliphatic carbocycles. The van der Waals surface area contributed by atoms with Crippen molar-refractivity contribution in [3.8, 4) is 11.3 Å². The fourth-order valence-electron chi connectivity index (χ4n) is 2.21. The monoisotopic (exact) mass is 298 g/mol. The molecule has 1 saturated carbocycles. The summed E-state index contributed by atoms with van der Waals surface area (Å²) < 4.78 is 0. The molecular formula is C17H18N2OS. The van der Waals surface area contributed by atoms with Gasteiger partial charge >= 0.3 is 0 Å². The molecule has 0 atom stereocenters. The lowest BCUT2D eigenvalue weighted by Gasteiger charge is -2.00. The fraction of sp³-hybridized carbons (Fsp3) is 0.294. The first-order valence-corrected chi connectivity index (χ1v) is 8.06. The van der Waals surface area contributed by atoms with Gasteiger partial charge in [-0.05, 0) is 25.7 Å². The van der Waals surface area contributed by atoms with Crippen LogP contribution in [0.5, 0.6) is 0 Å². The molecule has 108 valence electrons. The number of thiazole rings is 1. The Bertz CT molecular complexity index is 656. The van der Waals surface area contributed by atoms with E-state index >= 15 is 0 Å². The molecule has 1 aromatic carbocycles. The van der Waals surface area contributed by atoms with Gasteiger partial charge in [0.2, 0.25) is 5.91 Å². The standard InChI is InChI=1S/C17H18N2OS/c1-12(13-7-8-13)9-16(20)18-10-17-19-15(11-21-17)14-5-3-2-4-6-14/h2-6,9,11,13H,7-8,10H2,1H3,(H,18,20). The average Bonchev–Trinajstić information content (AvgIpc) is 3.25. The minimum absolute atomic E-state index is 0.0177. The smallest absolute Gasteiger partial charge is 0.244 e. The van der Waals surface area contributed by atoms with Gasteiger partial charge in [-0.25, -0.2) is 4.98 Å². The van der Waals surface area contributed by atoms with Crippen LogP contribution in [0.2, 0.25) is 0 Å². The van der Waals surface area contributed by atoms with Gasteiger partial charge in [0.05, 0.1) is 12.2 Å². The zero-order valence-corrected chi connectivity index (χ0v) is 12.8. The van der Waals surface area contributed by atoms with Crippen molar-refractivity contribution in [1.82, 2.24) is 10.3 Å². The Morgan fingerprint density at radius 1 is 1.38 bits per heavy atom. The Morgan fingerprint density at radius 2 is 2.14 bits per heavy atom. The fourth-order valence-corrected chi connectivity index (χ4v) is 2.95. The molecule has 21 heavy (non-hydrogen) atoms. The third-order valence-electron chi connectivity index (χ3n) is 3.62. The van der Waals surface area contributed by atoms with E-state index in [1.807, 2.05) is 42.6 Å². The maximum Gasteiger partial charge on any atom is 0.244 e. The van der Waals surface area contributed by atoms with Gasteiger partial charge in [-0.15, -0.1) is 11.3 Å². The Morgan fingerprint density at radius 3 is 2.86 bits per heavy atom. The van der Waals surface area contributed by atoms with Crippen LogP contribution in [-0.4, -0.2) is 10.9 Å². The molecule has 0 bridgehead atoms. The van der Waals surface area contributed by atoms with Crippen molar-refractivity contribution in [2.45, 2.75) is 26.3 Å². The molecule has 1 amide bonds. The van der Waals surface area contributed by atoms with Crippen LogP contribution in [0.25, 0.3) is 11.3 Å². The number of hydrogen-bond donors (Lipinski definition) is 1. The van der Waals surface area contributed by atoms with Crippen molar-refractivity contribution in [2.75, 3.05) is 0 Å². The number of amides is 1. The van der Waals surface area contributed by atoms with Crippen LogP contribution in [0.3, 0.4) is 0 Å². The van der Waals surface area contributed by atoms with Crippen LogP contribution in [0, 0.1) is 5.92 Å². The normalized spacial score (nSPS) is 15.0. The molecule has 2 aromatic rings. The Labute approximate surface area is 128 Å². The van der Waals surface area contributed by atoms with Crippen LogP contribution >= 0.6 is 11.3 Å². The molecule has 0 saturated heterocycles. The van der Waals surface area contributed by atoms with Gasteiger partial charge in [-0.3, -0.25) is 4.79 Å². The van der Waals surface area contributed by atoms with E-state index in [0.29, 0.717) is 12.5 Å². The predicted molar refractivity (Wildman–Crippen MR) is 85.9 cm³/mol. The van der Waals surface area contributed by atoms with Gasteiger partial charge in [0, 0.05) is 17.0 Å². The van der Waals surface area contributed by atoms with Crippen molar-refractivity contribution < 1.29 is 4.79 Å². The molecule has 1 fully saturated rings. The number of aromatic nitrogens is 1. The molecule has 3 rings (SSSR count). The van der Waals surface area contributed by atoms with Crippen LogP contribution in [0.4, 0.5) is 0 Å². The number of hydrogen-bond acceptors (Lipinski definition) is 3. The molecule has 4 heteroatoms. The summed E-state index contributed by atoms with van der Waals surface area (Å²) in [7, 11) is 0. The summed E-state index contributed by atoms with van der Waals surface area (Å²) in [5.74, 6) is 0.621. The molecule has 1 heterocycles. The summed E-state index contributed by atoms with van der Waals surface area (Å²) in [4.78, 5) is 16.4. The second kappa shape index (κ2) is 6.22. The minimum atomic E-state index is -0.0177. The lowest BCUT2D eigenvalue weighted by Crippen LogP contribution is -2.20. The highest BCUT2D eigenvalue weighted by atomic mass is 32.1. The second-order valence-corrected chi connectivity index (χ2v) is 6.32. The van der Waals surface area contributed by atoms with Gasteiger partial charge < -0.3 is 5.32 Å². The maximum absolute atomic E-state index is 11.8. The Balaban J connectivity index is 1.57. The zero-order chi connectivity index (χ0) is 14.7. The molecule has 0 radical (unpaired) electrons. The van der Waals surface area contributed by atoms with Crippen LogP contribution < -0.4 is 5.32 Å². The number of carbonyl (C=O) groups is 1. The van der Waals surface area contributed by atoms with Gasteiger partial charge in [-0.1, -0.05) is 35.9 Å². The molecule has 0 aliphatic heterocycles. The second-order valence-electron chi connectivity index (χ2n) is 5.37. The molecular weight excluding hydrogens is 280 g/mol. The van der Waals surface area contributed by atoms with Crippen molar-refractivity contribution in [3.05, 3.63) is 52.4 Å². The number of allylic oxidation sites excluding steroid dienone is 1. The summed E-state index contributed by atoms with van der Waals surface area (Å²) >= 11 is 1.58. The molecule has 1 aromatic heterocycles. The summed E-state index contributed by atoms with van der Waals surface area (Å²) in [6, 6.07) is 10.1. The quantitative estimate of drug-likeness (QED) is 0.853. The van der Waals surface area contributed by atoms with Gasteiger partial charge in [0.15, 0.2) is 0 Å². The average molecular weight is 298 g/mol. The van der Waals surface area contributed by atoms with Gasteiger partial charge in [0.25, 0.3) is 0 Å². The predicted octanol–water partition coefficient (Wildman–Crippen LogP) is 3.78. The number of rotatable bonds is 5. The van der Waals surface area contributed by atoms with Crippen molar-refractivity contribution in [3.63, 3.8) is 0 Å². The first-order chi connectivity index (χ1) is 10.2. The molecule has 3 nitrogen and oxygen atoms in total. The van der Waals surface area contributed by atoms with Crippen molar-refractivity contribution in [1.29, 1.82) is 0 Å². The van der Waals surface area contributed by atoms with E-state index in [9.17, 15) is 4.79 Å². The summed E-state index contributed by atoms with van der Waals surface area (Å²) in [5.41, 5.74) is 3.27. The van der Waals surface area contributed by atoms with Crippen molar-refractivity contribution in [2.24, 2.45) is 5.92 Å². The van der Waals surface area contributed by atoms with E-state index < -0.39 is 0 Å². The largest absolute Gasteiger partial charge is 0.346 e. The summed E-state index contributed by atoms with van der Waals surface area (Å²) in [5, 5.41) is 5.87. The zero-order valence-electron chi connectivity index (χ0n) is 12.0.